The molecule has 1 aliphatic heterocycles. The SMILES string of the molecule is O=C(CN1C(=O)c2ccccc2C1=O)Oc1ccc(-c2ccccc2)cc1. The molecule has 0 saturated carbocycles. The van der Waals surface area contributed by atoms with E-state index < -0.39 is 24.3 Å². The summed E-state index contributed by atoms with van der Waals surface area (Å²) in [5.74, 6) is -1.27. The lowest BCUT2D eigenvalue weighted by Gasteiger charge is -2.13. The van der Waals surface area contributed by atoms with Crippen LogP contribution >= 0.6 is 0 Å². The van der Waals surface area contributed by atoms with E-state index in [1.807, 2.05) is 42.5 Å². The molecule has 1 heterocycles. The highest BCUT2D eigenvalue weighted by Crippen LogP contribution is 2.24. The highest BCUT2D eigenvalue weighted by atomic mass is 16.5. The van der Waals surface area contributed by atoms with Gasteiger partial charge in [0.15, 0.2) is 0 Å². The van der Waals surface area contributed by atoms with Crippen LogP contribution in [0.3, 0.4) is 0 Å². The number of ether oxygens (including phenoxy) is 1. The highest BCUT2D eigenvalue weighted by molar-refractivity contribution is 6.22. The van der Waals surface area contributed by atoms with E-state index in [1.54, 1.807) is 36.4 Å². The second-order valence-corrected chi connectivity index (χ2v) is 6.11. The number of imide groups is 1. The smallest absolute Gasteiger partial charge is 0.331 e. The zero-order valence-electron chi connectivity index (χ0n) is 14.3. The molecule has 1 aliphatic rings. The summed E-state index contributed by atoms with van der Waals surface area (Å²) in [7, 11) is 0. The first-order chi connectivity index (χ1) is 13.1. The van der Waals surface area contributed by atoms with Crippen molar-refractivity contribution in [3.8, 4) is 16.9 Å². The van der Waals surface area contributed by atoms with E-state index >= 15 is 0 Å². The molecule has 0 unspecified atom stereocenters. The van der Waals surface area contributed by atoms with Crippen molar-refractivity contribution in [1.82, 2.24) is 4.90 Å². The van der Waals surface area contributed by atoms with Crippen molar-refractivity contribution in [2.45, 2.75) is 0 Å². The molecule has 0 aliphatic carbocycles. The van der Waals surface area contributed by atoms with Crippen molar-refractivity contribution in [3.05, 3.63) is 90.0 Å². The zero-order chi connectivity index (χ0) is 18.8. The first kappa shape index (κ1) is 16.7. The van der Waals surface area contributed by atoms with Crippen molar-refractivity contribution < 1.29 is 19.1 Å². The molecular weight excluding hydrogens is 342 g/mol. The Hall–Kier alpha value is -3.73. The van der Waals surface area contributed by atoms with E-state index in [2.05, 4.69) is 0 Å². The maximum absolute atomic E-state index is 12.3. The summed E-state index contributed by atoms with van der Waals surface area (Å²) in [4.78, 5) is 37.7. The van der Waals surface area contributed by atoms with Crippen LogP contribution in [0.1, 0.15) is 20.7 Å². The summed E-state index contributed by atoms with van der Waals surface area (Å²) in [5.41, 5.74) is 2.67. The molecule has 27 heavy (non-hydrogen) atoms. The molecule has 132 valence electrons. The molecule has 0 bridgehead atoms. The average molecular weight is 357 g/mol. The van der Waals surface area contributed by atoms with Gasteiger partial charge in [0.2, 0.25) is 0 Å². The third-order valence-electron chi connectivity index (χ3n) is 4.36. The fourth-order valence-electron chi connectivity index (χ4n) is 3.02. The summed E-state index contributed by atoms with van der Waals surface area (Å²) < 4.78 is 5.28. The maximum atomic E-state index is 12.3. The number of esters is 1. The van der Waals surface area contributed by atoms with Crippen LogP contribution in [0.2, 0.25) is 0 Å². The predicted octanol–water partition coefficient (Wildman–Crippen LogP) is 3.56. The Balaban J connectivity index is 1.43. The summed E-state index contributed by atoms with van der Waals surface area (Å²) in [6.07, 6.45) is 0. The van der Waals surface area contributed by atoms with Gasteiger partial charge >= 0.3 is 5.97 Å². The first-order valence-corrected chi connectivity index (χ1v) is 8.45. The molecule has 0 N–H and O–H groups in total. The third kappa shape index (κ3) is 3.22. The fourth-order valence-corrected chi connectivity index (χ4v) is 3.02. The molecule has 4 rings (SSSR count). The van der Waals surface area contributed by atoms with Gasteiger partial charge < -0.3 is 4.74 Å². The van der Waals surface area contributed by atoms with E-state index in [-0.39, 0.29) is 0 Å². The van der Waals surface area contributed by atoms with Gasteiger partial charge in [0.05, 0.1) is 11.1 Å². The van der Waals surface area contributed by atoms with Crippen molar-refractivity contribution in [2.75, 3.05) is 6.54 Å². The van der Waals surface area contributed by atoms with Gasteiger partial charge in [-0.15, -0.1) is 0 Å². The molecule has 3 aromatic rings. The molecule has 5 heteroatoms. The number of hydrogen-bond acceptors (Lipinski definition) is 4. The van der Waals surface area contributed by atoms with Gasteiger partial charge in [0.25, 0.3) is 11.8 Å². The number of amides is 2. The Morgan fingerprint density at radius 3 is 1.81 bits per heavy atom. The van der Waals surface area contributed by atoms with E-state index in [0.29, 0.717) is 16.9 Å². The zero-order valence-corrected chi connectivity index (χ0v) is 14.3. The van der Waals surface area contributed by atoms with Gasteiger partial charge in [-0.25, -0.2) is 4.79 Å². The molecule has 5 nitrogen and oxygen atoms in total. The standard InChI is InChI=1S/C22H15NO4/c24-20(14-23-21(25)18-8-4-5-9-19(18)22(23)26)27-17-12-10-16(11-13-17)15-6-2-1-3-7-15/h1-13H,14H2. The summed E-state index contributed by atoms with van der Waals surface area (Å²) in [5, 5.41) is 0. The van der Waals surface area contributed by atoms with E-state index in [4.69, 9.17) is 4.74 Å². The van der Waals surface area contributed by atoms with Crippen LogP contribution in [-0.2, 0) is 4.79 Å². The molecule has 0 fully saturated rings. The number of rotatable bonds is 4. The number of carbonyl (C=O) groups excluding carboxylic acids is 3. The topological polar surface area (TPSA) is 63.7 Å². The molecule has 3 aromatic carbocycles. The molecule has 0 aromatic heterocycles. The van der Waals surface area contributed by atoms with Crippen LogP contribution in [0.4, 0.5) is 0 Å². The number of nitrogens with zero attached hydrogens (tertiary/aromatic N) is 1. The van der Waals surface area contributed by atoms with Crippen molar-refractivity contribution >= 4 is 17.8 Å². The number of benzene rings is 3. The minimum absolute atomic E-state index is 0.308. The lowest BCUT2D eigenvalue weighted by atomic mass is 10.1. The Labute approximate surface area is 155 Å². The molecule has 0 spiro atoms. The van der Waals surface area contributed by atoms with E-state index in [1.165, 1.54) is 0 Å². The van der Waals surface area contributed by atoms with Gasteiger partial charge in [-0.2, -0.15) is 0 Å². The summed E-state index contributed by atoms with van der Waals surface area (Å²) in [6, 6.07) is 23.4. The van der Waals surface area contributed by atoms with Crippen LogP contribution in [-0.4, -0.2) is 29.2 Å². The largest absolute Gasteiger partial charge is 0.425 e. The van der Waals surface area contributed by atoms with Crippen LogP contribution in [0.25, 0.3) is 11.1 Å². The lowest BCUT2D eigenvalue weighted by Crippen LogP contribution is -2.36. The minimum atomic E-state index is -0.669. The monoisotopic (exact) mass is 357 g/mol. The number of hydrogen-bond donors (Lipinski definition) is 0. The van der Waals surface area contributed by atoms with Crippen LogP contribution in [0.5, 0.6) is 5.75 Å². The highest BCUT2D eigenvalue weighted by Gasteiger charge is 2.36. The van der Waals surface area contributed by atoms with Gasteiger partial charge in [0.1, 0.15) is 12.3 Å². The van der Waals surface area contributed by atoms with Crippen molar-refractivity contribution in [3.63, 3.8) is 0 Å². The van der Waals surface area contributed by atoms with Crippen molar-refractivity contribution in [1.29, 1.82) is 0 Å². The molecular formula is C22H15NO4. The second-order valence-electron chi connectivity index (χ2n) is 6.11. The molecule has 0 atom stereocenters. The fraction of sp³-hybridized carbons (Fsp3) is 0.0455. The molecule has 0 radical (unpaired) electrons. The van der Waals surface area contributed by atoms with E-state index in [9.17, 15) is 14.4 Å². The third-order valence-corrected chi connectivity index (χ3v) is 4.36. The van der Waals surface area contributed by atoms with Crippen LogP contribution in [0, 0.1) is 0 Å². The molecule has 2 amide bonds. The predicted molar refractivity (Wildman–Crippen MR) is 99.3 cm³/mol. The maximum Gasteiger partial charge on any atom is 0.331 e. The number of fused-ring (bicyclic) bond motifs is 1. The van der Waals surface area contributed by atoms with Gasteiger partial charge in [-0.05, 0) is 35.4 Å². The normalized spacial score (nSPS) is 12.8. The minimum Gasteiger partial charge on any atom is -0.425 e. The number of carbonyl (C=O) groups is 3. The van der Waals surface area contributed by atoms with Crippen molar-refractivity contribution in [2.24, 2.45) is 0 Å². The Morgan fingerprint density at radius 2 is 1.22 bits per heavy atom. The van der Waals surface area contributed by atoms with Gasteiger partial charge in [-0.1, -0.05) is 54.6 Å². The summed E-state index contributed by atoms with van der Waals surface area (Å²) >= 11 is 0. The quantitative estimate of drug-likeness (QED) is 0.407. The van der Waals surface area contributed by atoms with Gasteiger partial charge in [-0.3, -0.25) is 14.5 Å². The first-order valence-electron chi connectivity index (χ1n) is 8.45. The van der Waals surface area contributed by atoms with E-state index in [0.717, 1.165) is 16.0 Å². The second kappa shape index (κ2) is 6.88. The lowest BCUT2D eigenvalue weighted by molar-refractivity contribution is -0.134. The van der Waals surface area contributed by atoms with Crippen LogP contribution < -0.4 is 4.74 Å². The average Bonchev–Trinajstić information content (AvgIpc) is 2.94. The van der Waals surface area contributed by atoms with Crippen LogP contribution in [0.15, 0.2) is 78.9 Å². The van der Waals surface area contributed by atoms with Gasteiger partial charge in [0, 0.05) is 0 Å². The Kier molecular flexibility index (Phi) is 4.26. The Bertz CT molecular complexity index is 991. The Morgan fingerprint density at radius 1 is 0.704 bits per heavy atom. The molecule has 0 saturated heterocycles. The summed E-state index contributed by atoms with van der Waals surface area (Å²) in [6.45, 7) is -0.424.